The summed E-state index contributed by atoms with van der Waals surface area (Å²) in [5.74, 6) is 0.309. The number of aliphatic hydroxyl groups is 1. The minimum atomic E-state index is 0.183. The SMILES string of the molecule is C=C(O)C1CC2(CC2)CN1. The fraction of sp³-hybridized carbons (Fsp3) is 0.750. The van der Waals surface area contributed by atoms with E-state index in [1.54, 1.807) is 0 Å². The molecule has 1 aliphatic carbocycles. The lowest BCUT2D eigenvalue weighted by Gasteiger charge is -2.06. The molecule has 0 aromatic carbocycles. The van der Waals surface area contributed by atoms with E-state index in [1.165, 1.54) is 12.8 Å². The molecule has 2 rings (SSSR count). The first-order valence-corrected chi connectivity index (χ1v) is 3.83. The molecule has 1 spiro atoms. The predicted molar refractivity (Wildman–Crippen MR) is 39.8 cm³/mol. The van der Waals surface area contributed by atoms with Gasteiger partial charge in [0, 0.05) is 6.54 Å². The van der Waals surface area contributed by atoms with Crippen molar-refractivity contribution in [1.82, 2.24) is 5.32 Å². The number of nitrogens with one attached hydrogen (secondary N) is 1. The van der Waals surface area contributed by atoms with E-state index < -0.39 is 0 Å². The van der Waals surface area contributed by atoms with Gasteiger partial charge >= 0.3 is 0 Å². The van der Waals surface area contributed by atoms with E-state index >= 15 is 0 Å². The second kappa shape index (κ2) is 1.76. The van der Waals surface area contributed by atoms with E-state index in [0.29, 0.717) is 11.2 Å². The van der Waals surface area contributed by atoms with Crippen LogP contribution in [-0.2, 0) is 0 Å². The topological polar surface area (TPSA) is 32.3 Å². The minimum absolute atomic E-state index is 0.183. The highest BCUT2D eigenvalue weighted by molar-refractivity contribution is 5.10. The Morgan fingerprint density at radius 1 is 1.60 bits per heavy atom. The summed E-state index contributed by atoms with van der Waals surface area (Å²) in [6.07, 6.45) is 3.77. The molecule has 1 unspecified atom stereocenters. The third kappa shape index (κ3) is 0.833. The van der Waals surface area contributed by atoms with Crippen LogP contribution in [0.25, 0.3) is 0 Å². The molecule has 0 radical (unpaired) electrons. The maximum atomic E-state index is 9.06. The first-order chi connectivity index (χ1) is 4.72. The number of hydrogen-bond acceptors (Lipinski definition) is 2. The first kappa shape index (κ1) is 6.23. The molecule has 2 N–H and O–H groups in total. The lowest BCUT2D eigenvalue weighted by molar-refractivity contribution is 0.353. The van der Waals surface area contributed by atoms with Crippen molar-refractivity contribution < 1.29 is 5.11 Å². The molecule has 0 aromatic heterocycles. The zero-order valence-electron chi connectivity index (χ0n) is 6.06. The maximum Gasteiger partial charge on any atom is 0.102 e. The van der Waals surface area contributed by atoms with Crippen LogP contribution in [0.1, 0.15) is 19.3 Å². The van der Waals surface area contributed by atoms with Crippen molar-refractivity contribution in [1.29, 1.82) is 0 Å². The zero-order chi connectivity index (χ0) is 7.19. The van der Waals surface area contributed by atoms with Gasteiger partial charge in [0.05, 0.1) is 6.04 Å². The third-order valence-corrected chi connectivity index (χ3v) is 2.72. The van der Waals surface area contributed by atoms with Crippen molar-refractivity contribution >= 4 is 0 Å². The van der Waals surface area contributed by atoms with Crippen LogP contribution in [0.15, 0.2) is 12.3 Å². The Balaban J connectivity index is 1.99. The molecule has 56 valence electrons. The van der Waals surface area contributed by atoms with E-state index in [9.17, 15) is 0 Å². The van der Waals surface area contributed by atoms with Gasteiger partial charge in [0.15, 0.2) is 0 Å². The molecule has 2 heteroatoms. The van der Waals surface area contributed by atoms with Crippen LogP contribution in [-0.4, -0.2) is 17.7 Å². The Kier molecular flexibility index (Phi) is 1.09. The number of hydrogen-bond donors (Lipinski definition) is 2. The van der Waals surface area contributed by atoms with Gasteiger partial charge in [0.2, 0.25) is 0 Å². The maximum absolute atomic E-state index is 9.06. The van der Waals surface area contributed by atoms with Gasteiger partial charge in [-0.15, -0.1) is 0 Å². The molecule has 2 nitrogen and oxygen atoms in total. The van der Waals surface area contributed by atoms with E-state index in [2.05, 4.69) is 11.9 Å². The van der Waals surface area contributed by atoms with E-state index in [4.69, 9.17) is 5.11 Å². The number of aliphatic hydroxyl groups excluding tert-OH is 1. The molecular weight excluding hydrogens is 126 g/mol. The summed E-state index contributed by atoms with van der Waals surface area (Å²) in [5.41, 5.74) is 0.566. The second-order valence-corrected chi connectivity index (χ2v) is 3.63. The minimum Gasteiger partial charge on any atom is -0.511 e. The Bertz CT molecular complexity index is 172. The van der Waals surface area contributed by atoms with E-state index in [-0.39, 0.29) is 6.04 Å². The normalized spacial score (nSPS) is 34.6. The molecule has 1 saturated carbocycles. The van der Waals surface area contributed by atoms with Crippen LogP contribution in [0.3, 0.4) is 0 Å². The van der Waals surface area contributed by atoms with Crippen LogP contribution < -0.4 is 5.32 Å². The fourth-order valence-electron chi connectivity index (χ4n) is 1.71. The third-order valence-electron chi connectivity index (χ3n) is 2.72. The smallest absolute Gasteiger partial charge is 0.102 e. The Labute approximate surface area is 60.9 Å². The Hall–Kier alpha value is -0.500. The van der Waals surface area contributed by atoms with Crippen molar-refractivity contribution in [2.75, 3.05) is 6.54 Å². The fourth-order valence-corrected chi connectivity index (χ4v) is 1.71. The summed E-state index contributed by atoms with van der Waals surface area (Å²) in [7, 11) is 0. The summed E-state index contributed by atoms with van der Waals surface area (Å²) in [6, 6.07) is 0.183. The van der Waals surface area contributed by atoms with Crippen LogP contribution >= 0.6 is 0 Å². The summed E-state index contributed by atoms with van der Waals surface area (Å²) < 4.78 is 0. The van der Waals surface area contributed by atoms with Crippen LogP contribution in [0.2, 0.25) is 0 Å². The van der Waals surface area contributed by atoms with Crippen LogP contribution in [0.4, 0.5) is 0 Å². The van der Waals surface area contributed by atoms with E-state index in [0.717, 1.165) is 13.0 Å². The Morgan fingerprint density at radius 3 is 2.60 bits per heavy atom. The second-order valence-electron chi connectivity index (χ2n) is 3.63. The van der Waals surface area contributed by atoms with Crippen molar-refractivity contribution in [2.45, 2.75) is 25.3 Å². The average molecular weight is 139 g/mol. The predicted octanol–water partition coefficient (Wildman–Crippen LogP) is 1.20. The quantitative estimate of drug-likeness (QED) is 0.535. The molecule has 2 aliphatic rings. The van der Waals surface area contributed by atoms with Gasteiger partial charge in [-0.2, -0.15) is 0 Å². The lowest BCUT2D eigenvalue weighted by Crippen LogP contribution is -2.22. The lowest BCUT2D eigenvalue weighted by atomic mass is 10.0. The largest absolute Gasteiger partial charge is 0.511 e. The molecule has 1 atom stereocenters. The van der Waals surface area contributed by atoms with Crippen molar-refractivity contribution in [3.8, 4) is 0 Å². The molecule has 1 aliphatic heterocycles. The molecule has 0 bridgehead atoms. The average Bonchev–Trinajstić information content (AvgIpc) is 2.41. The van der Waals surface area contributed by atoms with Crippen molar-refractivity contribution in [2.24, 2.45) is 5.41 Å². The standard InChI is InChI=1S/C8H13NO/c1-6(10)7-4-8(2-3-8)5-9-7/h7,9-10H,1-5H2. The van der Waals surface area contributed by atoms with Gasteiger partial charge in [-0.05, 0) is 24.7 Å². The molecule has 10 heavy (non-hydrogen) atoms. The highest BCUT2D eigenvalue weighted by Crippen LogP contribution is 2.52. The molecular formula is C8H13NO. The Morgan fingerprint density at radius 2 is 2.30 bits per heavy atom. The van der Waals surface area contributed by atoms with Gasteiger partial charge in [0.1, 0.15) is 5.76 Å². The molecule has 1 saturated heterocycles. The van der Waals surface area contributed by atoms with Gasteiger partial charge < -0.3 is 10.4 Å². The summed E-state index contributed by atoms with van der Waals surface area (Å²) >= 11 is 0. The molecule has 2 fully saturated rings. The van der Waals surface area contributed by atoms with Gasteiger partial charge in [-0.25, -0.2) is 0 Å². The van der Waals surface area contributed by atoms with Gasteiger partial charge in [-0.1, -0.05) is 6.58 Å². The van der Waals surface area contributed by atoms with Gasteiger partial charge in [0.25, 0.3) is 0 Å². The van der Waals surface area contributed by atoms with Crippen LogP contribution in [0, 0.1) is 5.41 Å². The summed E-state index contributed by atoms with van der Waals surface area (Å²) in [5, 5.41) is 12.3. The van der Waals surface area contributed by atoms with Crippen molar-refractivity contribution in [3.63, 3.8) is 0 Å². The molecule has 0 aromatic rings. The highest BCUT2D eigenvalue weighted by atomic mass is 16.3. The first-order valence-electron chi connectivity index (χ1n) is 3.83. The summed E-state index contributed by atoms with van der Waals surface area (Å²) in [6.45, 7) is 4.60. The summed E-state index contributed by atoms with van der Waals surface area (Å²) in [4.78, 5) is 0. The monoisotopic (exact) mass is 139 g/mol. The zero-order valence-corrected chi connectivity index (χ0v) is 6.06. The molecule has 0 amide bonds. The van der Waals surface area contributed by atoms with Crippen LogP contribution in [0.5, 0.6) is 0 Å². The van der Waals surface area contributed by atoms with E-state index in [1.807, 2.05) is 0 Å². The van der Waals surface area contributed by atoms with Crippen molar-refractivity contribution in [3.05, 3.63) is 12.3 Å². The van der Waals surface area contributed by atoms with Gasteiger partial charge in [-0.3, -0.25) is 0 Å². The molecule has 1 heterocycles. The number of rotatable bonds is 1. The highest BCUT2D eigenvalue weighted by Gasteiger charge is 2.48.